The van der Waals surface area contributed by atoms with Crippen molar-refractivity contribution in [2.75, 3.05) is 13.7 Å². The molecule has 0 radical (unpaired) electrons. The molecule has 1 atom stereocenters. The number of ether oxygens (including phenoxy) is 1. The van der Waals surface area contributed by atoms with Gasteiger partial charge in [-0.2, -0.15) is 0 Å². The predicted octanol–water partition coefficient (Wildman–Crippen LogP) is 5.36. The van der Waals surface area contributed by atoms with Crippen LogP contribution in [-0.2, 0) is 4.57 Å². The standard InChI is InChI=1S/C21H20NO6P/c1-26-20-15-9-8-14-19(20)21(16-22(23)24)29(25,27-17-10-4-2-5-11-17)28-18-12-6-3-7-13-18/h2-15,21H,16H2,1H3/t21-/m1/s1. The Morgan fingerprint density at radius 1 is 0.862 bits per heavy atom. The summed E-state index contributed by atoms with van der Waals surface area (Å²) in [7, 11) is -2.66. The van der Waals surface area contributed by atoms with Crippen LogP contribution in [0.4, 0.5) is 0 Å². The van der Waals surface area contributed by atoms with Crippen LogP contribution < -0.4 is 13.8 Å². The van der Waals surface area contributed by atoms with Crippen LogP contribution in [0.5, 0.6) is 17.2 Å². The van der Waals surface area contributed by atoms with Crippen LogP contribution in [0, 0.1) is 10.1 Å². The fourth-order valence-electron chi connectivity index (χ4n) is 2.85. The van der Waals surface area contributed by atoms with Gasteiger partial charge in [0.25, 0.3) is 0 Å². The van der Waals surface area contributed by atoms with Crippen LogP contribution in [0.3, 0.4) is 0 Å². The molecule has 0 aliphatic rings. The van der Waals surface area contributed by atoms with Gasteiger partial charge in [-0.05, 0) is 30.3 Å². The van der Waals surface area contributed by atoms with Gasteiger partial charge in [-0.15, -0.1) is 0 Å². The number of rotatable bonds is 9. The number of hydrogen-bond donors (Lipinski definition) is 0. The van der Waals surface area contributed by atoms with Crippen molar-refractivity contribution < 1.29 is 23.3 Å². The molecule has 0 amide bonds. The average Bonchev–Trinajstić information content (AvgIpc) is 2.73. The molecule has 0 aliphatic heterocycles. The first-order chi connectivity index (χ1) is 14.0. The van der Waals surface area contributed by atoms with Gasteiger partial charge < -0.3 is 13.8 Å². The summed E-state index contributed by atoms with van der Waals surface area (Å²) in [6.45, 7) is -0.655. The molecule has 29 heavy (non-hydrogen) atoms. The molecule has 0 fully saturated rings. The highest BCUT2D eigenvalue weighted by Crippen LogP contribution is 2.61. The lowest BCUT2D eigenvalue weighted by Gasteiger charge is -2.26. The minimum Gasteiger partial charge on any atom is -0.496 e. The van der Waals surface area contributed by atoms with Crippen molar-refractivity contribution in [1.29, 1.82) is 0 Å². The molecule has 0 aromatic heterocycles. The average molecular weight is 413 g/mol. The summed E-state index contributed by atoms with van der Waals surface area (Å²) >= 11 is 0. The van der Waals surface area contributed by atoms with Crippen molar-refractivity contribution in [3.05, 3.63) is 101 Å². The molecule has 3 rings (SSSR count). The van der Waals surface area contributed by atoms with Crippen molar-refractivity contribution in [2.24, 2.45) is 0 Å². The van der Waals surface area contributed by atoms with Crippen LogP contribution in [0.25, 0.3) is 0 Å². The van der Waals surface area contributed by atoms with Gasteiger partial charge in [0.15, 0.2) is 5.66 Å². The molecule has 3 aromatic rings. The molecule has 0 heterocycles. The lowest BCUT2D eigenvalue weighted by Crippen LogP contribution is -2.19. The Balaban J connectivity index is 2.11. The summed E-state index contributed by atoms with van der Waals surface area (Å²) in [6.07, 6.45) is 0. The van der Waals surface area contributed by atoms with Gasteiger partial charge in [-0.1, -0.05) is 54.6 Å². The van der Waals surface area contributed by atoms with Crippen LogP contribution in [0.1, 0.15) is 11.2 Å². The first kappa shape index (κ1) is 20.4. The molecule has 0 saturated heterocycles. The van der Waals surface area contributed by atoms with Gasteiger partial charge in [0.1, 0.15) is 17.2 Å². The zero-order chi connectivity index (χ0) is 20.7. The second-order valence-corrected chi connectivity index (χ2v) is 8.19. The summed E-state index contributed by atoms with van der Waals surface area (Å²) in [5, 5.41) is 11.5. The van der Waals surface area contributed by atoms with E-state index in [4.69, 9.17) is 13.8 Å². The van der Waals surface area contributed by atoms with E-state index in [-0.39, 0.29) is 11.5 Å². The number of para-hydroxylation sites is 3. The van der Waals surface area contributed by atoms with E-state index < -0.39 is 24.7 Å². The van der Waals surface area contributed by atoms with Gasteiger partial charge >= 0.3 is 7.60 Å². The first-order valence-electron chi connectivity index (χ1n) is 8.85. The Morgan fingerprint density at radius 2 is 1.34 bits per heavy atom. The summed E-state index contributed by atoms with van der Waals surface area (Å²) in [4.78, 5) is 10.9. The Labute approximate surface area is 168 Å². The second kappa shape index (κ2) is 9.26. The quantitative estimate of drug-likeness (QED) is 0.266. The lowest BCUT2D eigenvalue weighted by atomic mass is 10.1. The fraction of sp³-hybridized carbons (Fsp3) is 0.143. The molecular formula is C21H20NO6P. The van der Waals surface area contributed by atoms with E-state index >= 15 is 0 Å². The van der Waals surface area contributed by atoms with Crippen molar-refractivity contribution in [3.8, 4) is 17.2 Å². The third-order valence-corrected chi connectivity index (χ3v) is 6.29. The number of benzene rings is 3. The van der Waals surface area contributed by atoms with E-state index in [1.807, 2.05) is 0 Å². The van der Waals surface area contributed by atoms with Gasteiger partial charge in [0, 0.05) is 10.5 Å². The molecule has 8 heteroatoms. The van der Waals surface area contributed by atoms with Gasteiger partial charge in [-0.25, -0.2) is 4.57 Å². The van der Waals surface area contributed by atoms with Crippen molar-refractivity contribution >= 4 is 7.60 Å². The van der Waals surface area contributed by atoms with E-state index in [0.717, 1.165) is 0 Å². The van der Waals surface area contributed by atoms with Crippen molar-refractivity contribution in [2.45, 2.75) is 5.66 Å². The minimum atomic E-state index is -4.11. The zero-order valence-electron chi connectivity index (χ0n) is 15.7. The molecule has 0 bridgehead atoms. The van der Waals surface area contributed by atoms with Crippen molar-refractivity contribution in [1.82, 2.24) is 0 Å². The minimum absolute atomic E-state index is 0.287. The third-order valence-electron chi connectivity index (χ3n) is 4.15. The molecule has 0 N–H and O–H groups in total. The van der Waals surface area contributed by atoms with Crippen LogP contribution >= 0.6 is 7.60 Å². The van der Waals surface area contributed by atoms with Crippen LogP contribution in [-0.4, -0.2) is 18.6 Å². The fourth-order valence-corrected chi connectivity index (χ4v) is 4.86. The zero-order valence-corrected chi connectivity index (χ0v) is 16.6. The van der Waals surface area contributed by atoms with Gasteiger partial charge in [0.05, 0.1) is 7.11 Å². The summed E-state index contributed by atoms with van der Waals surface area (Å²) < 4.78 is 31.0. The topological polar surface area (TPSA) is 87.9 Å². The Hall–Kier alpha value is -3.31. The smallest absolute Gasteiger partial charge is 0.445 e. The molecule has 0 saturated carbocycles. The van der Waals surface area contributed by atoms with Crippen molar-refractivity contribution in [3.63, 3.8) is 0 Å². The van der Waals surface area contributed by atoms with E-state index in [9.17, 15) is 14.7 Å². The molecule has 150 valence electrons. The number of methoxy groups -OCH3 is 1. The van der Waals surface area contributed by atoms with E-state index in [1.165, 1.54) is 7.11 Å². The highest BCUT2D eigenvalue weighted by Gasteiger charge is 2.45. The molecule has 0 unspecified atom stereocenters. The highest BCUT2D eigenvalue weighted by atomic mass is 31.2. The normalized spacial score (nSPS) is 12.0. The number of nitro groups is 1. The predicted molar refractivity (Wildman–Crippen MR) is 109 cm³/mol. The lowest BCUT2D eigenvalue weighted by molar-refractivity contribution is -0.480. The monoisotopic (exact) mass is 413 g/mol. The van der Waals surface area contributed by atoms with E-state index in [1.54, 1.807) is 84.9 Å². The summed E-state index contributed by atoms with van der Waals surface area (Å²) in [5.41, 5.74) is -0.809. The van der Waals surface area contributed by atoms with Gasteiger partial charge in [0.2, 0.25) is 6.54 Å². The SMILES string of the molecule is COc1ccccc1[C@@H](C[N+](=O)[O-])P(=O)(Oc1ccccc1)Oc1ccccc1. The molecule has 3 aromatic carbocycles. The van der Waals surface area contributed by atoms with Crippen LogP contribution in [0.2, 0.25) is 0 Å². The molecular weight excluding hydrogens is 393 g/mol. The Morgan fingerprint density at radius 3 is 1.83 bits per heavy atom. The Kier molecular flexibility index (Phi) is 6.52. The van der Waals surface area contributed by atoms with E-state index in [0.29, 0.717) is 11.3 Å². The summed E-state index contributed by atoms with van der Waals surface area (Å²) in [5.74, 6) is 0.943. The maximum atomic E-state index is 14.1. The van der Waals surface area contributed by atoms with Crippen LogP contribution in [0.15, 0.2) is 84.9 Å². The Bertz CT molecular complexity index is 951. The second-order valence-electron chi connectivity index (χ2n) is 6.12. The maximum Gasteiger partial charge on any atom is 0.445 e. The van der Waals surface area contributed by atoms with Gasteiger partial charge in [-0.3, -0.25) is 10.1 Å². The third kappa shape index (κ3) is 5.15. The largest absolute Gasteiger partial charge is 0.496 e. The number of hydrogen-bond acceptors (Lipinski definition) is 6. The number of nitrogens with zero attached hydrogens (tertiary/aromatic N) is 1. The highest BCUT2D eigenvalue weighted by molar-refractivity contribution is 7.55. The molecule has 0 aliphatic carbocycles. The first-order valence-corrected chi connectivity index (χ1v) is 10.5. The molecule has 0 spiro atoms. The summed E-state index contributed by atoms with van der Waals surface area (Å²) in [6, 6.07) is 23.6. The van der Waals surface area contributed by atoms with E-state index in [2.05, 4.69) is 0 Å². The molecule has 7 nitrogen and oxygen atoms in total. The maximum absolute atomic E-state index is 14.1.